The fourth-order valence-corrected chi connectivity index (χ4v) is 0. The van der Waals surface area contributed by atoms with Crippen molar-refractivity contribution in [3.05, 3.63) is 0 Å². The monoisotopic (exact) mass is 494 g/mol. The molecule has 0 amide bonds. The first-order valence-electron chi connectivity index (χ1n) is 2.00. The summed E-state index contributed by atoms with van der Waals surface area (Å²) in [6, 6.07) is 0. The molecule has 0 aromatic carbocycles. The second kappa shape index (κ2) is 21.0. The van der Waals surface area contributed by atoms with Crippen LogP contribution in [0.1, 0.15) is 0 Å². The van der Waals surface area contributed by atoms with E-state index < -0.39 is 31.2 Å². The zero-order chi connectivity index (χ0) is 13.5. The Morgan fingerprint density at radius 1 is 0.450 bits per heavy atom. The predicted octanol–water partition coefficient (Wildman–Crippen LogP) is -10.4. The Hall–Kier alpha value is 2.00. The summed E-state index contributed by atoms with van der Waals surface area (Å²) in [5, 5.41) is 0. The molecule has 12 nitrogen and oxygen atoms in total. The van der Waals surface area contributed by atoms with Gasteiger partial charge in [0.2, 0.25) is 0 Å². The van der Waals surface area contributed by atoms with E-state index in [9.17, 15) is 0 Å². The van der Waals surface area contributed by atoms with Gasteiger partial charge in [-0.05, 0) is 0 Å². The molecule has 2 radical (unpaired) electrons. The van der Waals surface area contributed by atoms with Gasteiger partial charge in [-0.2, -0.15) is 0 Å². The average molecular weight is 495 g/mol. The molecule has 0 N–H and O–H groups in total. The van der Waals surface area contributed by atoms with Crippen molar-refractivity contribution in [1.29, 1.82) is 0 Å². The van der Waals surface area contributed by atoms with Crippen LogP contribution in [-0.4, -0.2) is 75.6 Å². The third-order valence-electron chi connectivity index (χ3n) is 0. The van der Waals surface area contributed by atoms with Crippen molar-refractivity contribution >= 4 is 54.2 Å². The van der Waals surface area contributed by atoms with E-state index in [1.165, 1.54) is 0 Å². The molecule has 0 aliphatic heterocycles. The molecule has 0 fully saturated rings. The van der Waals surface area contributed by atoms with Crippen molar-refractivity contribution in [1.82, 2.24) is 0 Å². The quantitative estimate of drug-likeness (QED) is 0.173. The minimum absolute atomic E-state index is 0. The fraction of sp³-hybridized carbons (Fsp3) is 0. The van der Waals surface area contributed by atoms with Crippen molar-refractivity contribution in [2.24, 2.45) is 0 Å². The standard InChI is InChI=1S/2ClH.2Fe.Mg.3H2O4S/c;;;;;3*1-5(2,3)4/h2*1H;;;;3*(H2,1,2,3,4)/q;;2*+3;+2;;;/p-8. The molecular formula is Cl2Fe2MgO12S3. The molecule has 0 saturated heterocycles. The van der Waals surface area contributed by atoms with E-state index in [-0.39, 0.29) is 82.0 Å². The molecule has 0 aromatic heterocycles. The van der Waals surface area contributed by atoms with Crippen LogP contribution in [0.25, 0.3) is 0 Å². The summed E-state index contributed by atoms with van der Waals surface area (Å²) in [4.78, 5) is 0. The average Bonchev–Trinajstić information content (AvgIpc) is 1.41. The van der Waals surface area contributed by atoms with E-state index in [4.69, 9.17) is 52.6 Å². The summed E-state index contributed by atoms with van der Waals surface area (Å²) in [5.74, 6) is 0. The number of halogens is 2. The smallest absolute Gasteiger partial charge is 1.00 e. The molecule has 0 saturated carbocycles. The number of rotatable bonds is 0. The van der Waals surface area contributed by atoms with E-state index >= 15 is 0 Å². The third kappa shape index (κ3) is 1810. The summed E-state index contributed by atoms with van der Waals surface area (Å²) in [7, 11) is -15.5. The molecule has 0 aromatic rings. The van der Waals surface area contributed by atoms with Crippen molar-refractivity contribution in [2.75, 3.05) is 0 Å². The molecule has 0 atom stereocenters. The van der Waals surface area contributed by atoms with Crippen molar-refractivity contribution in [3.8, 4) is 0 Å². The molecule has 20 heavy (non-hydrogen) atoms. The normalized spacial score (nSPS) is 8.70. The molecular weight excluding hydrogens is 495 g/mol. The first-order chi connectivity index (χ1) is 6.00. The molecule has 20 heteroatoms. The van der Waals surface area contributed by atoms with Crippen LogP contribution in [0.15, 0.2) is 0 Å². The second-order valence-electron chi connectivity index (χ2n) is 1.22. The number of hydrogen-bond acceptors (Lipinski definition) is 12. The first-order valence-corrected chi connectivity index (χ1v) is 6.00. The Balaban J connectivity index is -0.0000000160. The van der Waals surface area contributed by atoms with Crippen LogP contribution in [0.2, 0.25) is 0 Å². The van der Waals surface area contributed by atoms with Crippen LogP contribution >= 0.6 is 0 Å². The van der Waals surface area contributed by atoms with Crippen LogP contribution < -0.4 is 24.8 Å². The van der Waals surface area contributed by atoms with Crippen molar-refractivity contribution in [2.45, 2.75) is 0 Å². The molecule has 0 aliphatic carbocycles. The zero-order valence-electron chi connectivity index (χ0n) is 8.29. The maximum atomic E-state index is 8.52. The van der Waals surface area contributed by atoms with E-state index in [0.29, 0.717) is 0 Å². The Morgan fingerprint density at radius 3 is 0.450 bits per heavy atom. The van der Waals surface area contributed by atoms with Gasteiger partial charge in [-0.15, -0.1) is 0 Å². The SMILES string of the molecule is O=S(=O)([O-])[O-].O=S(=O)([O-])[O-].O=S(=O)([O-])[O-].[Cl-].[Cl-].[Fe+3].[Fe+3].[Mg+2]. The Labute approximate surface area is 164 Å². The van der Waals surface area contributed by atoms with Gasteiger partial charge in [-0.3, -0.25) is 25.3 Å². The van der Waals surface area contributed by atoms with Gasteiger partial charge in [0.25, 0.3) is 0 Å². The molecule has 122 valence electrons. The maximum absolute atomic E-state index is 8.52. The van der Waals surface area contributed by atoms with Crippen LogP contribution in [0, 0.1) is 0 Å². The minimum atomic E-state index is -5.17. The van der Waals surface area contributed by atoms with Crippen LogP contribution in [0.5, 0.6) is 0 Å². The molecule has 0 rings (SSSR count). The van der Waals surface area contributed by atoms with E-state index in [1.54, 1.807) is 0 Å². The van der Waals surface area contributed by atoms with Gasteiger partial charge >= 0.3 is 57.2 Å². The van der Waals surface area contributed by atoms with Crippen LogP contribution in [0.4, 0.5) is 0 Å². The van der Waals surface area contributed by atoms with E-state index in [1.807, 2.05) is 0 Å². The maximum Gasteiger partial charge on any atom is 3.00 e. The molecule has 0 spiro atoms. The van der Waals surface area contributed by atoms with Crippen LogP contribution in [0.3, 0.4) is 0 Å². The summed E-state index contributed by atoms with van der Waals surface area (Å²) in [5.41, 5.74) is 0. The summed E-state index contributed by atoms with van der Waals surface area (Å²) >= 11 is 0. The van der Waals surface area contributed by atoms with Gasteiger partial charge in [0.15, 0.2) is 0 Å². The predicted molar refractivity (Wildman–Crippen MR) is 37.2 cm³/mol. The molecule has 0 bridgehead atoms. The van der Waals surface area contributed by atoms with Gasteiger partial charge in [0, 0.05) is 31.2 Å². The summed E-state index contributed by atoms with van der Waals surface area (Å²) in [6.07, 6.45) is 0. The number of hydrogen-bond donors (Lipinski definition) is 0. The second-order valence-corrected chi connectivity index (χ2v) is 3.67. The summed E-state index contributed by atoms with van der Waals surface area (Å²) < 4.78 is 102. The van der Waals surface area contributed by atoms with Crippen molar-refractivity contribution < 1.29 is 112 Å². The zero-order valence-corrected chi connectivity index (χ0v) is 15.9. The Bertz CT molecular complexity index is 356. The Morgan fingerprint density at radius 2 is 0.450 bits per heavy atom. The largest absolute Gasteiger partial charge is 3.00 e. The molecule has 0 aliphatic rings. The summed E-state index contributed by atoms with van der Waals surface area (Å²) in [6.45, 7) is 0. The fourth-order valence-electron chi connectivity index (χ4n) is 0. The van der Waals surface area contributed by atoms with Gasteiger partial charge < -0.3 is 52.1 Å². The first kappa shape index (κ1) is 49.5. The minimum Gasteiger partial charge on any atom is -1.00 e. The Kier molecular flexibility index (Phi) is 52.0. The van der Waals surface area contributed by atoms with Gasteiger partial charge in [-0.1, -0.05) is 0 Å². The van der Waals surface area contributed by atoms with Gasteiger partial charge in [0.1, 0.15) is 0 Å². The molecule has 0 unspecified atom stereocenters. The third-order valence-corrected chi connectivity index (χ3v) is 0. The van der Waals surface area contributed by atoms with Gasteiger partial charge in [-0.25, -0.2) is 0 Å². The van der Waals surface area contributed by atoms with Crippen LogP contribution in [-0.2, 0) is 65.3 Å². The van der Waals surface area contributed by atoms with Crippen molar-refractivity contribution in [3.63, 3.8) is 0 Å². The molecule has 0 heterocycles. The van der Waals surface area contributed by atoms with Gasteiger partial charge in [0.05, 0.1) is 0 Å². The van der Waals surface area contributed by atoms with E-state index in [0.717, 1.165) is 0 Å². The topological polar surface area (TPSA) is 241 Å². The van der Waals surface area contributed by atoms with E-state index in [2.05, 4.69) is 0 Å².